The van der Waals surface area contributed by atoms with Crippen molar-refractivity contribution in [3.8, 4) is 5.75 Å². The number of benzene rings is 1. The van der Waals surface area contributed by atoms with Crippen LogP contribution in [0.1, 0.15) is 19.4 Å². The third-order valence-corrected chi connectivity index (χ3v) is 2.58. The predicted octanol–water partition coefficient (Wildman–Crippen LogP) is 2.49. The smallest absolute Gasteiger partial charge is 0.387 e. The number of nitrogens with one attached hydrogen (secondary N) is 1. The van der Waals surface area contributed by atoms with Gasteiger partial charge in [0.2, 0.25) is 0 Å². The number of halogens is 2. The lowest BCUT2D eigenvalue weighted by Crippen LogP contribution is -2.40. The average Bonchev–Trinajstić information content (AvgIpc) is 2.27. The van der Waals surface area contributed by atoms with Crippen LogP contribution < -0.4 is 10.1 Å². The first-order chi connectivity index (χ1) is 8.90. The van der Waals surface area contributed by atoms with Crippen molar-refractivity contribution in [2.24, 2.45) is 5.92 Å². The normalized spacial score (nSPS) is 12.7. The van der Waals surface area contributed by atoms with E-state index < -0.39 is 18.6 Å². The maximum atomic E-state index is 12.1. The molecule has 6 heteroatoms. The second-order valence-corrected chi connectivity index (χ2v) is 4.47. The van der Waals surface area contributed by atoms with Gasteiger partial charge >= 0.3 is 12.6 Å². The average molecular weight is 273 g/mol. The lowest BCUT2D eigenvalue weighted by Gasteiger charge is -2.18. The van der Waals surface area contributed by atoms with Gasteiger partial charge in [-0.25, -0.2) is 0 Å². The zero-order chi connectivity index (χ0) is 14.4. The molecule has 0 saturated heterocycles. The van der Waals surface area contributed by atoms with E-state index in [0.717, 1.165) is 0 Å². The first-order valence-corrected chi connectivity index (χ1v) is 5.90. The summed E-state index contributed by atoms with van der Waals surface area (Å²) >= 11 is 0. The topological polar surface area (TPSA) is 58.6 Å². The van der Waals surface area contributed by atoms with E-state index in [0.29, 0.717) is 5.56 Å². The first kappa shape index (κ1) is 15.4. The molecule has 0 aliphatic heterocycles. The van der Waals surface area contributed by atoms with Gasteiger partial charge in [0, 0.05) is 6.54 Å². The molecular formula is C13H17F2NO3. The molecule has 0 aromatic heterocycles. The van der Waals surface area contributed by atoms with E-state index in [4.69, 9.17) is 5.11 Å². The van der Waals surface area contributed by atoms with Crippen molar-refractivity contribution in [2.45, 2.75) is 33.0 Å². The van der Waals surface area contributed by atoms with Gasteiger partial charge in [-0.3, -0.25) is 4.79 Å². The number of ether oxygens (including phenoxy) is 1. The van der Waals surface area contributed by atoms with Crippen LogP contribution in [0.15, 0.2) is 24.3 Å². The monoisotopic (exact) mass is 273 g/mol. The molecule has 1 aromatic carbocycles. The molecule has 0 radical (unpaired) electrons. The molecule has 1 atom stereocenters. The van der Waals surface area contributed by atoms with Gasteiger partial charge in [-0.05, 0) is 23.6 Å². The highest BCUT2D eigenvalue weighted by atomic mass is 19.3. The minimum atomic E-state index is -2.87. The van der Waals surface area contributed by atoms with Crippen LogP contribution in [0.2, 0.25) is 0 Å². The van der Waals surface area contributed by atoms with E-state index in [1.165, 1.54) is 12.1 Å². The molecule has 0 spiro atoms. The molecule has 0 bridgehead atoms. The molecule has 19 heavy (non-hydrogen) atoms. The molecule has 0 fully saturated rings. The first-order valence-electron chi connectivity index (χ1n) is 5.90. The van der Waals surface area contributed by atoms with Crippen molar-refractivity contribution in [3.05, 3.63) is 29.8 Å². The Balaban J connectivity index is 2.64. The summed E-state index contributed by atoms with van der Waals surface area (Å²) in [6.07, 6.45) is 0. The largest absolute Gasteiger partial charge is 0.480 e. The van der Waals surface area contributed by atoms with Gasteiger partial charge in [-0.15, -0.1) is 0 Å². The summed E-state index contributed by atoms with van der Waals surface area (Å²) < 4.78 is 28.4. The molecule has 1 rings (SSSR count). The van der Waals surface area contributed by atoms with E-state index in [9.17, 15) is 13.6 Å². The molecule has 0 amide bonds. The number of rotatable bonds is 7. The summed E-state index contributed by atoms with van der Waals surface area (Å²) in [6.45, 7) is 0.991. The fraction of sp³-hybridized carbons (Fsp3) is 0.462. The molecule has 0 unspecified atom stereocenters. The Bertz CT molecular complexity index is 424. The van der Waals surface area contributed by atoms with Crippen LogP contribution in [0.3, 0.4) is 0 Å². The number of carbonyl (C=O) groups is 1. The third-order valence-electron chi connectivity index (χ3n) is 2.58. The van der Waals surface area contributed by atoms with Crippen LogP contribution in [0.5, 0.6) is 5.75 Å². The third kappa shape index (κ3) is 5.21. The van der Waals surface area contributed by atoms with Crippen LogP contribution >= 0.6 is 0 Å². The zero-order valence-corrected chi connectivity index (χ0v) is 10.8. The Hall–Kier alpha value is -1.69. The maximum Gasteiger partial charge on any atom is 0.387 e. The van der Waals surface area contributed by atoms with Gasteiger partial charge in [0.25, 0.3) is 0 Å². The van der Waals surface area contributed by atoms with Crippen molar-refractivity contribution in [2.75, 3.05) is 0 Å². The highest BCUT2D eigenvalue weighted by Gasteiger charge is 2.20. The number of hydrogen-bond donors (Lipinski definition) is 2. The van der Waals surface area contributed by atoms with E-state index >= 15 is 0 Å². The fourth-order valence-electron chi connectivity index (χ4n) is 1.67. The number of alkyl halides is 2. The molecule has 4 nitrogen and oxygen atoms in total. The number of carboxylic acids is 1. The summed E-state index contributed by atoms with van der Waals surface area (Å²) in [7, 11) is 0. The second kappa shape index (κ2) is 7.04. The van der Waals surface area contributed by atoms with E-state index in [1.54, 1.807) is 26.0 Å². The fourth-order valence-corrected chi connectivity index (χ4v) is 1.67. The molecule has 0 saturated carbocycles. The van der Waals surface area contributed by atoms with Crippen molar-refractivity contribution in [3.63, 3.8) is 0 Å². The van der Waals surface area contributed by atoms with Crippen LogP contribution in [-0.4, -0.2) is 23.7 Å². The second-order valence-electron chi connectivity index (χ2n) is 4.47. The van der Waals surface area contributed by atoms with Gasteiger partial charge < -0.3 is 15.2 Å². The number of hydrogen-bond acceptors (Lipinski definition) is 3. The maximum absolute atomic E-state index is 12.1. The van der Waals surface area contributed by atoms with E-state index in [2.05, 4.69) is 10.1 Å². The van der Waals surface area contributed by atoms with Crippen LogP contribution in [0.4, 0.5) is 8.78 Å². The molecule has 1 aromatic rings. The lowest BCUT2D eigenvalue weighted by molar-refractivity contribution is -0.140. The van der Waals surface area contributed by atoms with E-state index in [-0.39, 0.29) is 18.2 Å². The molecule has 106 valence electrons. The SMILES string of the molecule is CC(C)[C@@H](NCc1cccc(OC(F)F)c1)C(=O)O. The Kier molecular flexibility index (Phi) is 5.69. The van der Waals surface area contributed by atoms with Crippen LogP contribution in [0, 0.1) is 5.92 Å². The summed E-state index contributed by atoms with van der Waals surface area (Å²) in [4.78, 5) is 11.0. The highest BCUT2D eigenvalue weighted by molar-refractivity contribution is 5.73. The number of aliphatic carboxylic acids is 1. The summed E-state index contributed by atoms with van der Waals surface area (Å²) in [5.74, 6) is -0.946. The number of carboxylic acid groups (broad SMARTS) is 1. The quantitative estimate of drug-likeness (QED) is 0.801. The molecule has 2 N–H and O–H groups in total. The van der Waals surface area contributed by atoms with Crippen molar-refractivity contribution in [1.29, 1.82) is 0 Å². The summed E-state index contributed by atoms with van der Waals surface area (Å²) in [5, 5.41) is 11.9. The van der Waals surface area contributed by atoms with Gasteiger partial charge in [-0.2, -0.15) is 8.78 Å². The van der Waals surface area contributed by atoms with Gasteiger partial charge in [-0.1, -0.05) is 26.0 Å². The zero-order valence-electron chi connectivity index (χ0n) is 10.8. The summed E-state index contributed by atoms with van der Waals surface area (Å²) in [6, 6.07) is 5.50. The van der Waals surface area contributed by atoms with Crippen molar-refractivity contribution in [1.82, 2.24) is 5.32 Å². The minimum absolute atomic E-state index is 0.0609. The van der Waals surface area contributed by atoms with Crippen molar-refractivity contribution >= 4 is 5.97 Å². The molecule has 0 heterocycles. The van der Waals surface area contributed by atoms with Crippen molar-refractivity contribution < 1.29 is 23.4 Å². The Morgan fingerprint density at radius 1 is 1.42 bits per heavy atom. The molecular weight excluding hydrogens is 256 g/mol. The Morgan fingerprint density at radius 3 is 2.63 bits per heavy atom. The van der Waals surface area contributed by atoms with E-state index in [1.807, 2.05) is 0 Å². The Morgan fingerprint density at radius 2 is 2.11 bits per heavy atom. The van der Waals surface area contributed by atoms with Gasteiger partial charge in [0.15, 0.2) is 0 Å². The lowest BCUT2D eigenvalue weighted by atomic mass is 10.0. The highest BCUT2D eigenvalue weighted by Crippen LogP contribution is 2.16. The molecule has 0 aliphatic rings. The Labute approximate surface area is 110 Å². The van der Waals surface area contributed by atoms with Crippen LogP contribution in [0.25, 0.3) is 0 Å². The van der Waals surface area contributed by atoms with Crippen LogP contribution in [-0.2, 0) is 11.3 Å². The predicted molar refractivity (Wildman–Crippen MR) is 66.2 cm³/mol. The van der Waals surface area contributed by atoms with Gasteiger partial charge in [0.1, 0.15) is 11.8 Å². The summed E-state index contributed by atoms with van der Waals surface area (Å²) in [5.41, 5.74) is 0.685. The minimum Gasteiger partial charge on any atom is -0.480 e. The molecule has 0 aliphatic carbocycles. The van der Waals surface area contributed by atoms with Gasteiger partial charge in [0.05, 0.1) is 0 Å². The standard InChI is InChI=1S/C13H17F2NO3/c1-8(2)11(12(17)18)16-7-9-4-3-5-10(6-9)19-13(14)15/h3-6,8,11,13,16H,7H2,1-2H3,(H,17,18)/t11-/m1/s1.